The van der Waals surface area contributed by atoms with E-state index in [4.69, 9.17) is 5.73 Å². The monoisotopic (exact) mass is 216 g/mol. The van der Waals surface area contributed by atoms with Gasteiger partial charge in [-0.3, -0.25) is 4.79 Å². The van der Waals surface area contributed by atoms with Crippen LogP contribution in [0.25, 0.3) is 0 Å². The number of amides is 1. The van der Waals surface area contributed by atoms with Gasteiger partial charge in [0.1, 0.15) is 0 Å². The molecule has 3 heteroatoms. The topological polar surface area (TPSA) is 55.1 Å². The lowest BCUT2D eigenvalue weighted by Crippen LogP contribution is -2.30. The molecule has 1 aromatic carbocycles. The van der Waals surface area contributed by atoms with Gasteiger partial charge in [-0.15, -0.1) is 0 Å². The summed E-state index contributed by atoms with van der Waals surface area (Å²) in [6, 6.07) is 8.08. The maximum Gasteiger partial charge on any atom is 0.234 e. The summed E-state index contributed by atoms with van der Waals surface area (Å²) in [4.78, 5) is 10.8. The van der Waals surface area contributed by atoms with E-state index in [9.17, 15) is 4.79 Å². The van der Waals surface area contributed by atoms with Crippen molar-refractivity contribution >= 4 is 5.91 Å². The molecule has 0 heterocycles. The van der Waals surface area contributed by atoms with Crippen molar-refractivity contribution in [3.63, 3.8) is 0 Å². The van der Waals surface area contributed by atoms with Crippen LogP contribution in [0.15, 0.2) is 24.3 Å². The fourth-order valence-electron chi connectivity index (χ4n) is 1.18. The first-order chi connectivity index (χ1) is 7.76. The van der Waals surface area contributed by atoms with Crippen molar-refractivity contribution in [2.45, 2.75) is 13.3 Å². The van der Waals surface area contributed by atoms with E-state index in [0.29, 0.717) is 6.54 Å². The molecule has 0 unspecified atom stereocenters. The quantitative estimate of drug-likeness (QED) is 0.730. The molecular weight excluding hydrogens is 200 g/mol. The molecule has 0 saturated heterocycles. The molecule has 1 amide bonds. The van der Waals surface area contributed by atoms with Gasteiger partial charge in [0, 0.05) is 5.56 Å². The first-order valence-corrected chi connectivity index (χ1v) is 5.31. The lowest BCUT2D eigenvalue weighted by atomic mass is 10.1. The molecule has 84 valence electrons. The molecule has 0 aliphatic rings. The van der Waals surface area contributed by atoms with E-state index >= 15 is 0 Å². The van der Waals surface area contributed by atoms with Gasteiger partial charge in [0.05, 0.1) is 13.1 Å². The van der Waals surface area contributed by atoms with Gasteiger partial charge in [-0.1, -0.05) is 30.9 Å². The first kappa shape index (κ1) is 12.3. The first-order valence-electron chi connectivity index (χ1n) is 5.31. The number of carbonyl (C=O) groups is 1. The molecule has 0 fully saturated rings. The second kappa shape index (κ2) is 6.65. The lowest BCUT2D eigenvalue weighted by molar-refractivity contribution is -0.119. The molecule has 1 aromatic rings. The summed E-state index contributed by atoms with van der Waals surface area (Å²) in [6.45, 7) is 2.46. The Morgan fingerprint density at radius 3 is 2.62 bits per heavy atom. The Hall–Kier alpha value is -1.79. The molecule has 0 radical (unpaired) electrons. The number of nitrogens with one attached hydrogen (secondary N) is 1. The maximum absolute atomic E-state index is 10.8. The molecule has 1 rings (SSSR count). The van der Waals surface area contributed by atoms with Crippen LogP contribution in [-0.4, -0.2) is 19.0 Å². The van der Waals surface area contributed by atoms with E-state index in [1.807, 2.05) is 12.1 Å². The fraction of sp³-hybridized carbons (Fsp3) is 0.308. The number of hydrogen-bond acceptors (Lipinski definition) is 2. The average Bonchev–Trinajstić information content (AvgIpc) is 2.35. The maximum atomic E-state index is 10.8. The highest BCUT2D eigenvalue weighted by molar-refractivity contribution is 5.77. The molecular formula is C13H16N2O. The highest BCUT2D eigenvalue weighted by Gasteiger charge is 1.92. The van der Waals surface area contributed by atoms with Gasteiger partial charge in [-0.2, -0.15) is 0 Å². The van der Waals surface area contributed by atoms with E-state index in [0.717, 1.165) is 12.0 Å². The van der Waals surface area contributed by atoms with Crippen LogP contribution in [0.2, 0.25) is 0 Å². The van der Waals surface area contributed by atoms with Crippen LogP contribution in [0, 0.1) is 11.8 Å². The van der Waals surface area contributed by atoms with Crippen LogP contribution < -0.4 is 11.1 Å². The molecule has 0 aromatic heterocycles. The summed E-state index contributed by atoms with van der Waals surface area (Å²) in [5, 5.41) is 2.59. The minimum absolute atomic E-state index is 0.00682. The summed E-state index contributed by atoms with van der Waals surface area (Å²) in [5.41, 5.74) is 7.39. The predicted molar refractivity (Wildman–Crippen MR) is 64.8 cm³/mol. The van der Waals surface area contributed by atoms with Crippen molar-refractivity contribution in [2.75, 3.05) is 13.1 Å². The van der Waals surface area contributed by atoms with Gasteiger partial charge in [0.25, 0.3) is 0 Å². The van der Waals surface area contributed by atoms with E-state index < -0.39 is 0 Å². The highest BCUT2D eigenvalue weighted by Crippen LogP contribution is 2.03. The standard InChI is InChI=1S/C13H16N2O/c1-2-11-5-7-12(8-6-11)4-3-9-15-13(16)10-14/h5-8H,2,9-10,14H2,1H3,(H,15,16). The van der Waals surface area contributed by atoms with Crippen molar-refractivity contribution in [2.24, 2.45) is 5.73 Å². The van der Waals surface area contributed by atoms with Crippen molar-refractivity contribution < 1.29 is 4.79 Å². The van der Waals surface area contributed by atoms with Gasteiger partial charge in [-0.05, 0) is 24.1 Å². The average molecular weight is 216 g/mol. The Balaban J connectivity index is 2.47. The van der Waals surface area contributed by atoms with Gasteiger partial charge in [0.15, 0.2) is 0 Å². The second-order valence-corrected chi connectivity index (χ2v) is 3.33. The van der Waals surface area contributed by atoms with Crippen LogP contribution in [0.3, 0.4) is 0 Å². The number of nitrogens with two attached hydrogens (primary N) is 1. The van der Waals surface area contributed by atoms with Crippen LogP contribution in [0.5, 0.6) is 0 Å². The molecule has 0 saturated carbocycles. The van der Waals surface area contributed by atoms with Crippen LogP contribution >= 0.6 is 0 Å². The molecule has 3 nitrogen and oxygen atoms in total. The molecule has 16 heavy (non-hydrogen) atoms. The van der Waals surface area contributed by atoms with Crippen LogP contribution in [0.1, 0.15) is 18.1 Å². The van der Waals surface area contributed by atoms with Crippen molar-refractivity contribution in [3.05, 3.63) is 35.4 Å². The largest absolute Gasteiger partial charge is 0.344 e. The third-order valence-corrected chi connectivity index (χ3v) is 2.15. The fourth-order valence-corrected chi connectivity index (χ4v) is 1.18. The van der Waals surface area contributed by atoms with Gasteiger partial charge in [-0.25, -0.2) is 0 Å². The lowest BCUT2D eigenvalue weighted by Gasteiger charge is -1.96. The normalized spacial score (nSPS) is 9.12. The highest BCUT2D eigenvalue weighted by atomic mass is 16.1. The Labute approximate surface area is 96.0 Å². The Bertz CT molecular complexity index is 398. The summed E-state index contributed by atoms with van der Waals surface area (Å²) >= 11 is 0. The zero-order valence-corrected chi connectivity index (χ0v) is 9.42. The number of benzene rings is 1. The summed E-state index contributed by atoms with van der Waals surface area (Å²) in [5.74, 6) is 5.65. The Morgan fingerprint density at radius 1 is 1.38 bits per heavy atom. The molecule has 0 spiro atoms. The van der Waals surface area contributed by atoms with E-state index in [2.05, 4.69) is 36.2 Å². The SMILES string of the molecule is CCc1ccc(C#CCNC(=O)CN)cc1. The minimum atomic E-state index is -0.185. The smallest absolute Gasteiger partial charge is 0.234 e. The third-order valence-electron chi connectivity index (χ3n) is 2.15. The number of carbonyl (C=O) groups excluding carboxylic acids is 1. The molecule has 3 N–H and O–H groups in total. The third kappa shape index (κ3) is 4.16. The number of hydrogen-bond donors (Lipinski definition) is 2. The molecule has 0 atom stereocenters. The summed E-state index contributed by atoms with van der Waals surface area (Å²) < 4.78 is 0. The molecule has 0 aliphatic carbocycles. The molecule has 0 bridgehead atoms. The predicted octanol–water partition coefficient (Wildman–Crippen LogP) is 0.675. The van der Waals surface area contributed by atoms with Crippen molar-refractivity contribution in [1.82, 2.24) is 5.32 Å². The zero-order valence-electron chi connectivity index (χ0n) is 9.42. The Morgan fingerprint density at radius 2 is 2.06 bits per heavy atom. The van der Waals surface area contributed by atoms with Gasteiger partial charge < -0.3 is 11.1 Å². The second-order valence-electron chi connectivity index (χ2n) is 3.33. The zero-order chi connectivity index (χ0) is 11.8. The minimum Gasteiger partial charge on any atom is -0.344 e. The van der Waals surface area contributed by atoms with Gasteiger partial charge >= 0.3 is 0 Å². The van der Waals surface area contributed by atoms with E-state index in [-0.39, 0.29) is 12.5 Å². The van der Waals surface area contributed by atoms with Crippen molar-refractivity contribution in [1.29, 1.82) is 0 Å². The van der Waals surface area contributed by atoms with E-state index in [1.165, 1.54) is 5.56 Å². The summed E-state index contributed by atoms with van der Waals surface area (Å²) in [6.07, 6.45) is 1.03. The van der Waals surface area contributed by atoms with Crippen LogP contribution in [-0.2, 0) is 11.2 Å². The number of aryl methyl sites for hydroxylation is 1. The summed E-state index contributed by atoms with van der Waals surface area (Å²) in [7, 11) is 0. The van der Waals surface area contributed by atoms with Gasteiger partial charge in [0.2, 0.25) is 5.91 Å². The molecule has 0 aliphatic heterocycles. The van der Waals surface area contributed by atoms with E-state index in [1.54, 1.807) is 0 Å². The van der Waals surface area contributed by atoms with Crippen LogP contribution in [0.4, 0.5) is 0 Å². The Kier molecular flexibility index (Phi) is 5.10. The number of rotatable bonds is 3. The van der Waals surface area contributed by atoms with Crippen molar-refractivity contribution in [3.8, 4) is 11.8 Å².